The largest absolute Gasteiger partial charge is 0.481 e. The number of carboxylic acid groups (broad SMARTS) is 1. The zero-order valence-electron chi connectivity index (χ0n) is 25.4. The molecule has 0 fully saturated rings. The van der Waals surface area contributed by atoms with Crippen LogP contribution in [-0.4, -0.2) is 17.7 Å². The molecule has 5 aromatic rings. The van der Waals surface area contributed by atoms with E-state index < -0.39 is 18.5 Å². The number of aryl methyl sites for hydroxylation is 1. The van der Waals surface area contributed by atoms with Crippen LogP contribution >= 0.6 is 0 Å². The summed E-state index contributed by atoms with van der Waals surface area (Å²) < 4.78 is 30.3. The van der Waals surface area contributed by atoms with Gasteiger partial charge in [0.15, 0.2) is 0 Å². The number of nitrogens with two attached hydrogens (primary N) is 1. The molecule has 0 aliphatic heterocycles. The number of carbonyl (C=O) groups is 1. The number of hydrogen-bond acceptors (Lipinski definition) is 3. The molecule has 0 aromatic heterocycles. The third-order valence-electron chi connectivity index (χ3n) is 9.70. The highest BCUT2D eigenvalue weighted by Gasteiger charge is 2.34. The lowest BCUT2D eigenvalue weighted by Gasteiger charge is -2.26. The molecule has 7 rings (SSSR count). The highest BCUT2D eigenvalue weighted by atomic mass is 19.3. The first kappa shape index (κ1) is 29.7. The van der Waals surface area contributed by atoms with Crippen LogP contribution < -0.4 is 10.5 Å². The fourth-order valence-electron chi connectivity index (χ4n) is 7.69. The van der Waals surface area contributed by atoms with Gasteiger partial charge in [0.25, 0.3) is 0 Å². The first-order valence-corrected chi connectivity index (χ1v) is 15.8. The Hall–Kier alpha value is -4.97. The molecule has 232 valence electrons. The molecule has 0 saturated carbocycles. The summed E-state index contributed by atoms with van der Waals surface area (Å²) in [5.74, 6) is -1.60. The van der Waals surface area contributed by atoms with E-state index in [-0.39, 0.29) is 11.7 Å². The van der Waals surface area contributed by atoms with Gasteiger partial charge >= 0.3 is 12.6 Å². The Morgan fingerprint density at radius 2 is 1.43 bits per heavy atom. The zero-order chi connectivity index (χ0) is 31.8. The summed E-state index contributed by atoms with van der Waals surface area (Å²) in [4.78, 5) is 13.2. The van der Waals surface area contributed by atoms with Crippen molar-refractivity contribution in [2.45, 2.75) is 57.0 Å². The highest BCUT2D eigenvalue weighted by molar-refractivity contribution is 5.86. The molecule has 5 aromatic carbocycles. The second kappa shape index (κ2) is 12.4. The van der Waals surface area contributed by atoms with Gasteiger partial charge in [-0.05, 0) is 124 Å². The molecule has 2 atom stereocenters. The summed E-state index contributed by atoms with van der Waals surface area (Å²) in [6.45, 7) is -2.88. The van der Waals surface area contributed by atoms with E-state index in [1.807, 2.05) is 30.3 Å². The number of halogens is 2. The van der Waals surface area contributed by atoms with Crippen molar-refractivity contribution in [1.29, 1.82) is 0 Å². The second-order valence-corrected chi connectivity index (χ2v) is 12.4. The summed E-state index contributed by atoms with van der Waals surface area (Å²) >= 11 is 0. The minimum Gasteiger partial charge on any atom is -0.481 e. The van der Waals surface area contributed by atoms with Crippen molar-refractivity contribution in [3.05, 3.63) is 142 Å². The molecule has 0 amide bonds. The highest BCUT2D eigenvalue weighted by Crippen LogP contribution is 2.47. The normalized spacial score (nSPS) is 13.9. The van der Waals surface area contributed by atoms with Gasteiger partial charge in [-0.1, -0.05) is 84.9 Å². The Kier molecular flexibility index (Phi) is 8.03. The van der Waals surface area contributed by atoms with E-state index >= 15 is 0 Å². The van der Waals surface area contributed by atoms with E-state index in [1.165, 1.54) is 39.4 Å². The van der Waals surface area contributed by atoms with Gasteiger partial charge in [-0.25, -0.2) is 0 Å². The zero-order valence-corrected chi connectivity index (χ0v) is 25.4. The van der Waals surface area contributed by atoms with E-state index in [9.17, 15) is 18.7 Å². The van der Waals surface area contributed by atoms with Gasteiger partial charge in [-0.3, -0.25) is 4.79 Å². The molecule has 6 heteroatoms. The first-order valence-electron chi connectivity index (χ1n) is 15.8. The molecule has 0 heterocycles. The minimum atomic E-state index is -2.88. The predicted octanol–water partition coefficient (Wildman–Crippen LogP) is 9.38. The number of hydrogen-bond donors (Lipinski definition) is 2. The molecule has 2 unspecified atom stereocenters. The van der Waals surface area contributed by atoms with Crippen molar-refractivity contribution in [2.75, 3.05) is 5.73 Å². The maximum atomic E-state index is 13.2. The number of ether oxygens (including phenoxy) is 1. The molecular weight excluding hydrogens is 580 g/mol. The maximum absolute atomic E-state index is 13.2. The third-order valence-corrected chi connectivity index (χ3v) is 9.70. The lowest BCUT2D eigenvalue weighted by molar-refractivity contribution is -0.139. The molecule has 0 spiro atoms. The first-order chi connectivity index (χ1) is 22.4. The van der Waals surface area contributed by atoms with Crippen molar-refractivity contribution in [3.8, 4) is 28.0 Å². The number of benzene rings is 5. The number of aliphatic carboxylic acids is 1. The van der Waals surface area contributed by atoms with Crippen LogP contribution in [0.2, 0.25) is 0 Å². The average molecular weight is 616 g/mol. The maximum Gasteiger partial charge on any atom is 0.387 e. The molecular formula is C40H35F2NO3. The summed E-state index contributed by atoms with van der Waals surface area (Å²) in [7, 11) is 0. The molecule has 0 bridgehead atoms. The van der Waals surface area contributed by atoms with Gasteiger partial charge in [-0.2, -0.15) is 8.78 Å². The van der Waals surface area contributed by atoms with Crippen LogP contribution in [0.15, 0.2) is 103 Å². The van der Waals surface area contributed by atoms with Crippen LogP contribution in [0.25, 0.3) is 22.3 Å². The lowest BCUT2D eigenvalue weighted by atomic mass is 9.78. The monoisotopic (exact) mass is 615 g/mol. The molecule has 0 radical (unpaired) electrons. The van der Waals surface area contributed by atoms with Crippen LogP contribution in [0.3, 0.4) is 0 Å². The van der Waals surface area contributed by atoms with Crippen molar-refractivity contribution in [3.63, 3.8) is 0 Å². The van der Waals surface area contributed by atoms with Crippen LogP contribution in [0.4, 0.5) is 14.5 Å². The summed E-state index contributed by atoms with van der Waals surface area (Å²) in [5, 5.41) is 10.8. The fraction of sp³-hybridized carbons (Fsp3) is 0.225. The second-order valence-electron chi connectivity index (χ2n) is 12.4. The smallest absolute Gasteiger partial charge is 0.387 e. The Balaban J connectivity index is 1.24. The van der Waals surface area contributed by atoms with Crippen LogP contribution in [0.1, 0.15) is 70.0 Å². The quantitative estimate of drug-likeness (QED) is 0.142. The van der Waals surface area contributed by atoms with E-state index in [0.29, 0.717) is 24.9 Å². The van der Waals surface area contributed by atoms with Crippen LogP contribution in [0.5, 0.6) is 5.75 Å². The molecule has 2 aliphatic carbocycles. The molecule has 0 saturated heterocycles. The molecule has 46 heavy (non-hydrogen) atoms. The number of rotatable bonds is 11. The van der Waals surface area contributed by atoms with Crippen molar-refractivity contribution >= 4 is 11.7 Å². The van der Waals surface area contributed by atoms with Crippen molar-refractivity contribution < 1.29 is 23.4 Å². The Labute approximate surface area is 267 Å². The van der Waals surface area contributed by atoms with E-state index in [1.54, 1.807) is 12.1 Å². The standard InChI is InChI=1S/C40H35F2NO3/c41-40(42)46-28-13-6-9-24(20-28)8-5-12-27(31-16-7-17-32-29-14-3-1-10-25(29)21-34(31)32)23-36(39(44)45)38-35-22-26-11-2-4-15-30(26)33(35)18-19-37(38)43/h1-4,6-7,9-11,13-20,27,36,40H,5,8,12,21-23,43H2,(H,44,45). The van der Waals surface area contributed by atoms with Gasteiger partial charge in [-0.15, -0.1) is 0 Å². The number of alkyl halides is 2. The number of fused-ring (bicyclic) bond motifs is 6. The summed E-state index contributed by atoms with van der Waals surface area (Å²) in [6, 6.07) is 33.7. The van der Waals surface area contributed by atoms with E-state index in [0.717, 1.165) is 47.1 Å². The summed E-state index contributed by atoms with van der Waals surface area (Å²) in [5.41, 5.74) is 19.3. The van der Waals surface area contributed by atoms with E-state index in [4.69, 9.17) is 5.73 Å². The number of nitrogen functional groups attached to an aromatic ring is 1. The van der Waals surface area contributed by atoms with Crippen LogP contribution in [-0.2, 0) is 24.1 Å². The minimum absolute atomic E-state index is 0.0649. The molecule has 2 aliphatic rings. The topological polar surface area (TPSA) is 72.5 Å². The average Bonchev–Trinajstić information content (AvgIpc) is 3.61. The number of anilines is 1. The van der Waals surface area contributed by atoms with Gasteiger partial charge in [0.05, 0.1) is 5.92 Å². The van der Waals surface area contributed by atoms with Gasteiger partial charge in [0.2, 0.25) is 0 Å². The van der Waals surface area contributed by atoms with E-state index in [2.05, 4.69) is 59.3 Å². The summed E-state index contributed by atoms with van der Waals surface area (Å²) in [6.07, 6.45) is 4.00. The van der Waals surface area contributed by atoms with Crippen LogP contribution in [0, 0.1) is 0 Å². The Morgan fingerprint density at radius 1 is 0.783 bits per heavy atom. The fourth-order valence-corrected chi connectivity index (χ4v) is 7.69. The Morgan fingerprint density at radius 3 is 2.15 bits per heavy atom. The number of carboxylic acids is 1. The molecule has 3 N–H and O–H groups in total. The van der Waals surface area contributed by atoms with Gasteiger partial charge in [0.1, 0.15) is 5.75 Å². The predicted molar refractivity (Wildman–Crippen MR) is 178 cm³/mol. The van der Waals surface area contributed by atoms with Gasteiger partial charge in [0, 0.05) is 5.69 Å². The van der Waals surface area contributed by atoms with Gasteiger partial charge < -0.3 is 15.6 Å². The molecule has 4 nitrogen and oxygen atoms in total. The Bertz CT molecular complexity index is 1930. The SMILES string of the molecule is Nc1ccc2c(c1C(CC(CCCc1cccc(OC(F)F)c1)c1cccc3c1Cc1ccccc1-3)C(=O)O)Cc1ccccc1-2. The lowest BCUT2D eigenvalue weighted by Crippen LogP contribution is -2.19. The van der Waals surface area contributed by atoms with Crippen molar-refractivity contribution in [1.82, 2.24) is 0 Å². The third kappa shape index (κ3) is 5.64. The van der Waals surface area contributed by atoms with Crippen molar-refractivity contribution in [2.24, 2.45) is 0 Å².